The lowest BCUT2D eigenvalue weighted by Crippen LogP contribution is -2.52. The summed E-state index contributed by atoms with van der Waals surface area (Å²) in [5, 5.41) is 5.58. The van der Waals surface area contributed by atoms with Crippen LogP contribution >= 0.6 is 0 Å². The molecule has 2 aromatic rings. The summed E-state index contributed by atoms with van der Waals surface area (Å²) < 4.78 is 10.6. The summed E-state index contributed by atoms with van der Waals surface area (Å²) in [6.45, 7) is 6.12. The minimum Gasteiger partial charge on any atom is -0.469 e. The van der Waals surface area contributed by atoms with Crippen molar-refractivity contribution >= 4 is 17.8 Å². The average Bonchev–Trinajstić information content (AvgIpc) is 3.33. The second-order valence-electron chi connectivity index (χ2n) is 8.99. The molecule has 2 rings (SSSR count). The number of Topliss-reactive ketones (excluding diaryl/α,β-unsaturated/α-hetero) is 1. The van der Waals surface area contributed by atoms with Gasteiger partial charge in [0.25, 0.3) is 0 Å². The number of alkyl carbamates (subject to hydrolysis) is 1. The van der Waals surface area contributed by atoms with E-state index in [0.29, 0.717) is 32.1 Å². The van der Waals surface area contributed by atoms with Crippen molar-refractivity contribution in [1.82, 2.24) is 10.6 Å². The first kappa shape index (κ1) is 27.2. The first-order valence-electron chi connectivity index (χ1n) is 12.2. The number of furan rings is 1. The van der Waals surface area contributed by atoms with Crippen molar-refractivity contribution in [2.24, 2.45) is 5.92 Å². The molecule has 1 aromatic heterocycles. The van der Waals surface area contributed by atoms with Gasteiger partial charge in [-0.1, -0.05) is 63.9 Å². The molecule has 0 saturated carbocycles. The normalized spacial score (nSPS) is 12.7. The highest BCUT2D eigenvalue weighted by atomic mass is 16.5. The van der Waals surface area contributed by atoms with Gasteiger partial charge in [-0.15, -0.1) is 0 Å². The molecule has 2 amide bonds. The molecule has 0 aliphatic rings. The zero-order valence-corrected chi connectivity index (χ0v) is 20.5. The summed E-state index contributed by atoms with van der Waals surface area (Å²) in [7, 11) is 0. The van der Waals surface area contributed by atoms with Gasteiger partial charge in [-0.25, -0.2) is 4.79 Å². The molecule has 2 unspecified atom stereocenters. The molecular formula is C27H38N2O5. The van der Waals surface area contributed by atoms with Crippen LogP contribution in [0.5, 0.6) is 0 Å². The van der Waals surface area contributed by atoms with Crippen LogP contribution < -0.4 is 10.6 Å². The third-order valence-corrected chi connectivity index (χ3v) is 5.51. The number of amides is 2. The van der Waals surface area contributed by atoms with Gasteiger partial charge in [-0.3, -0.25) is 9.59 Å². The molecule has 7 nitrogen and oxygen atoms in total. The second kappa shape index (κ2) is 14.9. The van der Waals surface area contributed by atoms with Crippen LogP contribution in [-0.4, -0.2) is 29.9 Å². The number of unbranched alkanes of at least 4 members (excludes halogenated alkanes) is 1. The molecule has 2 N–H and O–H groups in total. The third kappa shape index (κ3) is 10.2. The molecule has 34 heavy (non-hydrogen) atoms. The Bertz CT molecular complexity index is 864. The van der Waals surface area contributed by atoms with E-state index in [2.05, 4.69) is 10.6 Å². The number of hydrogen-bond donors (Lipinski definition) is 2. The molecule has 7 heteroatoms. The zero-order chi connectivity index (χ0) is 24.8. The molecule has 0 radical (unpaired) electrons. The van der Waals surface area contributed by atoms with Crippen LogP contribution in [0.1, 0.15) is 70.6 Å². The highest BCUT2D eigenvalue weighted by molar-refractivity contribution is 5.92. The largest absolute Gasteiger partial charge is 0.469 e. The van der Waals surface area contributed by atoms with Gasteiger partial charge in [0.1, 0.15) is 18.4 Å². The molecular weight excluding hydrogens is 432 g/mol. The lowest BCUT2D eigenvalue weighted by atomic mass is 9.98. The number of carbonyl (C=O) groups excluding carboxylic acids is 3. The maximum absolute atomic E-state index is 13.1. The van der Waals surface area contributed by atoms with Gasteiger partial charge in [0.2, 0.25) is 5.91 Å². The van der Waals surface area contributed by atoms with Crippen molar-refractivity contribution in [3.05, 3.63) is 60.1 Å². The first-order valence-corrected chi connectivity index (χ1v) is 12.2. The minimum absolute atomic E-state index is 0.00306. The van der Waals surface area contributed by atoms with E-state index in [1.165, 1.54) is 0 Å². The predicted octanol–water partition coefficient (Wildman–Crippen LogP) is 5.19. The number of hydrogen-bond acceptors (Lipinski definition) is 5. The molecule has 1 heterocycles. The fourth-order valence-corrected chi connectivity index (χ4v) is 3.67. The van der Waals surface area contributed by atoms with Crippen LogP contribution in [0.4, 0.5) is 4.79 Å². The number of ether oxygens (including phenoxy) is 1. The fraction of sp³-hybridized carbons (Fsp3) is 0.519. The summed E-state index contributed by atoms with van der Waals surface area (Å²) in [5.74, 6) is 0.662. The Morgan fingerprint density at radius 3 is 2.38 bits per heavy atom. The van der Waals surface area contributed by atoms with E-state index in [1.54, 1.807) is 6.26 Å². The van der Waals surface area contributed by atoms with Crippen LogP contribution in [0.2, 0.25) is 0 Å². The molecule has 1 aromatic carbocycles. The van der Waals surface area contributed by atoms with E-state index < -0.39 is 18.2 Å². The Hall–Kier alpha value is -3.09. The standard InChI is InChI=1S/C27H38N2O5/c1-4-5-15-23(25(30)16-9-13-22-14-10-17-33-22)28-26(31)24(18-20(2)3)29-27(32)34-19-21-11-7-6-8-12-21/h6-8,10-12,14,17,20,23-24H,4-5,9,13,15-16,18-19H2,1-3H3,(H,28,31)(H,29,32). The summed E-state index contributed by atoms with van der Waals surface area (Å²) >= 11 is 0. The van der Waals surface area contributed by atoms with Gasteiger partial charge in [0.15, 0.2) is 5.78 Å². The maximum atomic E-state index is 13.1. The summed E-state index contributed by atoms with van der Waals surface area (Å²) in [6.07, 6.45) is 5.43. The van der Waals surface area contributed by atoms with E-state index >= 15 is 0 Å². The highest BCUT2D eigenvalue weighted by Gasteiger charge is 2.27. The number of benzene rings is 1. The second-order valence-corrected chi connectivity index (χ2v) is 8.99. The van der Waals surface area contributed by atoms with Crippen LogP contribution in [0.3, 0.4) is 0 Å². The van der Waals surface area contributed by atoms with Crippen LogP contribution in [0.15, 0.2) is 53.1 Å². The fourth-order valence-electron chi connectivity index (χ4n) is 3.67. The summed E-state index contributed by atoms with van der Waals surface area (Å²) in [5.41, 5.74) is 0.863. The van der Waals surface area contributed by atoms with Gasteiger partial charge in [0.05, 0.1) is 12.3 Å². The quantitative estimate of drug-likeness (QED) is 0.373. The molecule has 0 fully saturated rings. The lowest BCUT2D eigenvalue weighted by molar-refractivity contribution is -0.129. The Morgan fingerprint density at radius 2 is 1.74 bits per heavy atom. The molecule has 186 valence electrons. The van der Waals surface area contributed by atoms with Gasteiger partial charge in [0, 0.05) is 12.8 Å². The molecule has 0 aliphatic carbocycles. The SMILES string of the molecule is CCCCC(NC(=O)C(CC(C)C)NC(=O)OCc1ccccc1)C(=O)CCCc1ccco1. The van der Waals surface area contributed by atoms with E-state index in [1.807, 2.05) is 63.2 Å². The van der Waals surface area contributed by atoms with Crippen molar-refractivity contribution in [3.63, 3.8) is 0 Å². The Balaban J connectivity index is 1.93. The number of carbonyl (C=O) groups is 3. The number of nitrogens with one attached hydrogen (secondary N) is 2. The topological polar surface area (TPSA) is 97.6 Å². The van der Waals surface area contributed by atoms with Gasteiger partial charge in [-0.05, 0) is 42.9 Å². The number of aryl methyl sites for hydroxylation is 1. The van der Waals surface area contributed by atoms with Crippen molar-refractivity contribution in [2.75, 3.05) is 0 Å². The minimum atomic E-state index is -0.775. The van der Waals surface area contributed by atoms with E-state index in [4.69, 9.17) is 9.15 Å². The molecule has 0 spiro atoms. The monoisotopic (exact) mass is 470 g/mol. The Morgan fingerprint density at radius 1 is 0.971 bits per heavy atom. The summed E-state index contributed by atoms with van der Waals surface area (Å²) in [6, 6.07) is 11.7. The predicted molar refractivity (Wildman–Crippen MR) is 131 cm³/mol. The van der Waals surface area contributed by atoms with Crippen molar-refractivity contribution in [3.8, 4) is 0 Å². The zero-order valence-electron chi connectivity index (χ0n) is 20.5. The first-order chi connectivity index (χ1) is 16.4. The third-order valence-electron chi connectivity index (χ3n) is 5.51. The Labute approximate surface area is 202 Å². The van der Waals surface area contributed by atoms with Crippen molar-refractivity contribution < 1.29 is 23.5 Å². The maximum Gasteiger partial charge on any atom is 0.408 e. The number of rotatable bonds is 15. The van der Waals surface area contributed by atoms with Gasteiger partial charge < -0.3 is 19.8 Å². The highest BCUT2D eigenvalue weighted by Crippen LogP contribution is 2.12. The number of ketones is 1. The molecule has 0 saturated heterocycles. The van der Waals surface area contributed by atoms with Crippen LogP contribution in [0.25, 0.3) is 0 Å². The average molecular weight is 471 g/mol. The van der Waals surface area contributed by atoms with Crippen LogP contribution in [-0.2, 0) is 27.4 Å². The van der Waals surface area contributed by atoms with Crippen molar-refractivity contribution in [2.45, 2.75) is 84.4 Å². The lowest BCUT2D eigenvalue weighted by Gasteiger charge is -2.24. The van der Waals surface area contributed by atoms with E-state index in [0.717, 1.165) is 24.2 Å². The van der Waals surface area contributed by atoms with E-state index in [-0.39, 0.29) is 24.2 Å². The smallest absolute Gasteiger partial charge is 0.408 e. The molecule has 2 atom stereocenters. The Kier molecular flexibility index (Phi) is 11.9. The van der Waals surface area contributed by atoms with Crippen molar-refractivity contribution in [1.29, 1.82) is 0 Å². The van der Waals surface area contributed by atoms with E-state index in [9.17, 15) is 14.4 Å². The molecule has 0 bridgehead atoms. The molecule has 0 aliphatic heterocycles. The van der Waals surface area contributed by atoms with Gasteiger partial charge >= 0.3 is 6.09 Å². The van der Waals surface area contributed by atoms with Crippen LogP contribution in [0, 0.1) is 5.92 Å². The summed E-state index contributed by atoms with van der Waals surface area (Å²) in [4.78, 5) is 38.3. The van der Waals surface area contributed by atoms with Gasteiger partial charge in [-0.2, -0.15) is 0 Å².